The summed E-state index contributed by atoms with van der Waals surface area (Å²) in [5, 5.41) is 23.7. The van der Waals surface area contributed by atoms with Gasteiger partial charge in [-0.25, -0.2) is 9.89 Å². The first-order chi connectivity index (χ1) is 15.4. The van der Waals surface area contributed by atoms with Crippen LogP contribution in [0.1, 0.15) is 45.6 Å². The number of unbranched alkanes of at least 4 members (excludes halogenated alkanes) is 1. The van der Waals surface area contributed by atoms with Crippen molar-refractivity contribution < 1.29 is 14.7 Å². The minimum absolute atomic E-state index is 0.120. The van der Waals surface area contributed by atoms with Crippen molar-refractivity contribution >= 4 is 11.9 Å². The first kappa shape index (κ1) is 23.1. The summed E-state index contributed by atoms with van der Waals surface area (Å²) < 4.78 is 0. The highest BCUT2D eigenvalue weighted by Gasteiger charge is 2.32. The van der Waals surface area contributed by atoms with Gasteiger partial charge < -0.3 is 10.0 Å². The number of hydrogen-bond donors (Lipinski definition) is 2. The summed E-state index contributed by atoms with van der Waals surface area (Å²) in [6, 6.07) is 14.9. The number of carboxylic acid groups (broad SMARTS) is 1. The van der Waals surface area contributed by atoms with Crippen LogP contribution in [0, 0.1) is 5.92 Å². The van der Waals surface area contributed by atoms with Gasteiger partial charge in [-0.2, -0.15) is 0 Å². The van der Waals surface area contributed by atoms with Gasteiger partial charge in [0.15, 0.2) is 5.82 Å². The zero-order chi connectivity index (χ0) is 23.1. The molecule has 3 rings (SSSR count). The third kappa shape index (κ3) is 5.57. The molecule has 0 saturated heterocycles. The van der Waals surface area contributed by atoms with Crippen LogP contribution < -0.4 is 0 Å². The Morgan fingerprint density at radius 1 is 1.06 bits per heavy atom. The molecule has 2 aromatic carbocycles. The van der Waals surface area contributed by atoms with Gasteiger partial charge in [-0.05, 0) is 45.5 Å². The molecule has 0 aliphatic heterocycles. The minimum Gasteiger partial charge on any atom is -0.480 e. The second kappa shape index (κ2) is 10.7. The first-order valence-electron chi connectivity index (χ1n) is 10.9. The van der Waals surface area contributed by atoms with Gasteiger partial charge in [0, 0.05) is 18.5 Å². The van der Waals surface area contributed by atoms with E-state index in [1.807, 2.05) is 69.3 Å². The van der Waals surface area contributed by atoms with Crippen LogP contribution in [-0.2, 0) is 16.1 Å². The number of tetrazole rings is 1. The molecule has 0 aliphatic carbocycles. The molecule has 0 spiro atoms. The van der Waals surface area contributed by atoms with E-state index in [4.69, 9.17) is 0 Å². The lowest BCUT2D eigenvalue weighted by Crippen LogP contribution is -2.47. The maximum atomic E-state index is 12.8. The average molecular weight is 436 g/mol. The molecule has 1 aromatic heterocycles. The topological polar surface area (TPSA) is 112 Å². The molecule has 3 aromatic rings. The van der Waals surface area contributed by atoms with E-state index in [-0.39, 0.29) is 18.4 Å². The number of amides is 1. The third-order valence-corrected chi connectivity index (χ3v) is 5.41. The fourth-order valence-corrected chi connectivity index (χ4v) is 3.72. The number of hydrogen-bond acceptors (Lipinski definition) is 5. The summed E-state index contributed by atoms with van der Waals surface area (Å²) >= 11 is 0. The van der Waals surface area contributed by atoms with E-state index in [0.717, 1.165) is 35.1 Å². The number of benzene rings is 2. The Bertz CT molecular complexity index is 1030. The summed E-state index contributed by atoms with van der Waals surface area (Å²) in [6.07, 6.45) is 1.99. The highest BCUT2D eigenvalue weighted by molar-refractivity contribution is 5.84. The van der Waals surface area contributed by atoms with Gasteiger partial charge in [0.2, 0.25) is 5.91 Å². The van der Waals surface area contributed by atoms with Crippen molar-refractivity contribution in [1.82, 2.24) is 25.5 Å². The number of carboxylic acids is 1. The second-order valence-electron chi connectivity index (χ2n) is 8.18. The molecule has 0 fully saturated rings. The van der Waals surface area contributed by atoms with E-state index >= 15 is 0 Å². The number of carbonyl (C=O) groups is 2. The van der Waals surface area contributed by atoms with Gasteiger partial charge in [-0.15, -0.1) is 5.10 Å². The third-order valence-electron chi connectivity index (χ3n) is 5.41. The lowest BCUT2D eigenvalue weighted by molar-refractivity contribution is -0.153. The fourth-order valence-electron chi connectivity index (χ4n) is 3.72. The number of aliphatic carboxylic acids is 1. The zero-order valence-corrected chi connectivity index (χ0v) is 18.7. The maximum absolute atomic E-state index is 12.8. The van der Waals surface area contributed by atoms with Gasteiger partial charge >= 0.3 is 5.97 Å². The van der Waals surface area contributed by atoms with Crippen LogP contribution in [0.3, 0.4) is 0 Å². The summed E-state index contributed by atoms with van der Waals surface area (Å²) in [4.78, 5) is 26.3. The Balaban J connectivity index is 1.82. The van der Waals surface area contributed by atoms with Crippen molar-refractivity contribution in [3.05, 3.63) is 54.1 Å². The number of aromatic nitrogens is 4. The molecule has 168 valence electrons. The molecule has 0 saturated carbocycles. The highest BCUT2D eigenvalue weighted by Crippen LogP contribution is 2.25. The summed E-state index contributed by atoms with van der Waals surface area (Å²) in [7, 11) is 0. The highest BCUT2D eigenvalue weighted by atomic mass is 16.4. The van der Waals surface area contributed by atoms with Gasteiger partial charge in [0.1, 0.15) is 6.04 Å². The molecule has 0 radical (unpaired) electrons. The zero-order valence-electron chi connectivity index (χ0n) is 18.7. The summed E-state index contributed by atoms with van der Waals surface area (Å²) in [5.41, 5.74) is 3.78. The van der Waals surface area contributed by atoms with Crippen LogP contribution in [0.5, 0.6) is 0 Å². The van der Waals surface area contributed by atoms with Crippen molar-refractivity contribution in [3.63, 3.8) is 0 Å². The molecule has 8 heteroatoms. The fraction of sp³-hybridized carbons (Fsp3) is 0.375. The van der Waals surface area contributed by atoms with Crippen LogP contribution in [0.4, 0.5) is 0 Å². The first-order valence-corrected chi connectivity index (χ1v) is 10.9. The smallest absolute Gasteiger partial charge is 0.326 e. The second-order valence-corrected chi connectivity index (χ2v) is 8.18. The standard InChI is InChI=1S/C24H29N5O3/c1-4-5-9-21(30)29(22(16(2)3)24(31)32)15-17-10-12-18(13-11-17)19-7-6-8-20(14-19)23-25-27-28-26-23/h6-8,10-14,16,22H,4-5,9,15H2,1-3H3,(H,31,32)(H,25,26,27,28). The Kier molecular flexibility index (Phi) is 7.70. The predicted octanol–water partition coefficient (Wildman–Crippen LogP) is 4.16. The number of aromatic amines is 1. The van der Waals surface area contributed by atoms with Crippen molar-refractivity contribution in [2.24, 2.45) is 5.92 Å². The molecule has 8 nitrogen and oxygen atoms in total. The molecule has 1 heterocycles. The molecular weight excluding hydrogens is 406 g/mol. The normalized spacial score (nSPS) is 12.0. The Morgan fingerprint density at radius 3 is 2.38 bits per heavy atom. The number of rotatable bonds is 10. The number of carbonyl (C=O) groups excluding carboxylic acids is 1. The van der Waals surface area contributed by atoms with Crippen molar-refractivity contribution in [2.75, 3.05) is 0 Å². The summed E-state index contributed by atoms with van der Waals surface area (Å²) in [6.45, 7) is 5.95. The molecule has 0 aliphatic rings. The Hall–Kier alpha value is -3.55. The van der Waals surface area contributed by atoms with Crippen LogP contribution in [0.25, 0.3) is 22.5 Å². The summed E-state index contributed by atoms with van der Waals surface area (Å²) in [5.74, 6) is -0.686. The SMILES string of the molecule is CCCCC(=O)N(Cc1ccc(-c2cccc(-c3nnn[nH]3)c2)cc1)C(C(=O)O)C(C)C. The number of H-pyrrole nitrogens is 1. The monoisotopic (exact) mass is 435 g/mol. The minimum atomic E-state index is -0.972. The van der Waals surface area contributed by atoms with E-state index in [9.17, 15) is 14.7 Å². The maximum Gasteiger partial charge on any atom is 0.326 e. The van der Waals surface area contributed by atoms with E-state index in [0.29, 0.717) is 12.2 Å². The molecule has 32 heavy (non-hydrogen) atoms. The van der Waals surface area contributed by atoms with Crippen LogP contribution in [0.15, 0.2) is 48.5 Å². The molecule has 0 bridgehead atoms. The molecule has 1 unspecified atom stereocenters. The van der Waals surface area contributed by atoms with E-state index in [1.165, 1.54) is 4.90 Å². The van der Waals surface area contributed by atoms with Crippen molar-refractivity contribution in [1.29, 1.82) is 0 Å². The average Bonchev–Trinajstić information content (AvgIpc) is 3.32. The van der Waals surface area contributed by atoms with Gasteiger partial charge in [0.25, 0.3) is 0 Å². The lowest BCUT2D eigenvalue weighted by Gasteiger charge is -2.32. The quantitative estimate of drug-likeness (QED) is 0.494. The van der Waals surface area contributed by atoms with Gasteiger partial charge in [-0.3, -0.25) is 4.79 Å². The van der Waals surface area contributed by atoms with Crippen molar-refractivity contribution in [3.8, 4) is 22.5 Å². The van der Waals surface area contributed by atoms with Crippen molar-refractivity contribution in [2.45, 2.75) is 52.6 Å². The van der Waals surface area contributed by atoms with Crippen LogP contribution >= 0.6 is 0 Å². The molecule has 2 N–H and O–H groups in total. The van der Waals surface area contributed by atoms with Crippen LogP contribution in [-0.4, -0.2) is 48.5 Å². The number of nitrogens with one attached hydrogen (secondary N) is 1. The lowest BCUT2D eigenvalue weighted by atomic mass is 9.99. The molecule has 1 amide bonds. The van der Waals surface area contributed by atoms with Gasteiger partial charge in [-0.1, -0.05) is 69.7 Å². The molecular formula is C24H29N5O3. The molecule has 1 atom stereocenters. The van der Waals surface area contributed by atoms with E-state index in [2.05, 4.69) is 20.6 Å². The number of nitrogens with zero attached hydrogens (tertiary/aromatic N) is 4. The van der Waals surface area contributed by atoms with E-state index < -0.39 is 12.0 Å². The van der Waals surface area contributed by atoms with E-state index in [1.54, 1.807) is 0 Å². The Morgan fingerprint density at radius 2 is 1.78 bits per heavy atom. The van der Waals surface area contributed by atoms with Crippen LogP contribution in [0.2, 0.25) is 0 Å². The Labute approximate surface area is 187 Å². The van der Waals surface area contributed by atoms with Gasteiger partial charge in [0.05, 0.1) is 0 Å². The predicted molar refractivity (Wildman–Crippen MR) is 121 cm³/mol. The largest absolute Gasteiger partial charge is 0.480 e.